The number of hydrogen-bond acceptors (Lipinski definition) is 12. The zero-order valence-electron chi connectivity index (χ0n) is 37.6. The van der Waals surface area contributed by atoms with Gasteiger partial charge < -0.3 is 11.1 Å². The lowest BCUT2D eigenvalue weighted by Crippen LogP contribution is -2.15. The zero-order chi connectivity index (χ0) is 48.5. The van der Waals surface area contributed by atoms with Crippen molar-refractivity contribution >= 4 is 85.6 Å². The van der Waals surface area contributed by atoms with Crippen molar-refractivity contribution in [2.75, 3.05) is 11.1 Å². The summed E-state index contributed by atoms with van der Waals surface area (Å²) >= 11 is 17.5. The number of nitrogens with one attached hydrogen (secondary N) is 1. The molecule has 8 rings (SSSR count). The Morgan fingerprint density at radius 1 is 0.612 bits per heavy atom. The summed E-state index contributed by atoms with van der Waals surface area (Å²) in [4.78, 5) is 50.1. The number of nitriles is 2. The normalized spacial score (nSPS) is 11.0. The molecule has 0 unspecified atom stereocenters. The number of nitrogens with zero attached hydrogens (tertiary/aromatic N) is 8. The molecule has 4 heterocycles. The minimum atomic E-state index is -0.658. The number of aromatic nitrogens is 6. The van der Waals surface area contributed by atoms with Crippen LogP contribution in [-0.4, -0.2) is 41.5 Å². The summed E-state index contributed by atoms with van der Waals surface area (Å²) in [7, 11) is 0. The number of hydrogen-bond donors (Lipinski definition) is 2. The monoisotopic (exact) mass is 946 g/mol. The van der Waals surface area contributed by atoms with Gasteiger partial charge in [0.2, 0.25) is 0 Å². The molecule has 0 aliphatic carbocycles. The number of carbonyl (C=O) groups excluding carboxylic acids is 2. The average molecular weight is 948 g/mol. The Kier molecular flexibility index (Phi) is 15.6. The van der Waals surface area contributed by atoms with Crippen molar-refractivity contribution < 1.29 is 9.59 Å². The van der Waals surface area contributed by atoms with Gasteiger partial charge in [0, 0.05) is 35.3 Å². The van der Waals surface area contributed by atoms with Crippen LogP contribution in [0.1, 0.15) is 81.8 Å². The number of nitrogens with two attached hydrogens (primary N) is 1. The van der Waals surface area contributed by atoms with Crippen molar-refractivity contribution in [1.29, 1.82) is 10.5 Å². The number of anilines is 3. The summed E-state index contributed by atoms with van der Waals surface area (Å²) in [6.45, 7) is 11.3. The van der Waals surface area contributed by atoms with Crippen molar-refractivity contribution in [1.82, 2.24) is 29.9 Å². The van der Waals surface area contributed by atoms with Gasteiger partial charge in [-0.05, 0) is 123 Å². The van der Waals surface area contributed by atoms with Gasteiger partial charge in [0.15, 0.2) is 22.5 Å². The van der Waals surface area contributed by atoms with E-state index in [2.05, 4.69) is 47.4 Å². The van der Waals surface area contributed by atoms with E-state index in [1.54, 1.807) is 42.5 Å². The van der Waals surface area contributed by atoms with Crippen LogP contribution in [0.5, 0.6) is 0 Å². The Morgan fingerprint density at radius 3 is 1.64 bits per heavy atom. The van der Waals surface area contributed by atoms with Gasteiger partial charge in [-0.2, -0.15) is 10.5 Å². The van der Waals surface area contributed by atoms with Gasteiger partial charge in [-0.1, -0.05) is 95.5 Å². The highest BCUT2D eigenvalue weighted by molar-refractivity contribution is 6.34. The van der Waals surface area contributed by atoms with Crippen molar-refractivity contribution in [2.45, 2.75) is 65.2 Å². The molecule has 0 saturated heterocycles. The lowest BCUT2D eigenvalue weighted by atomic mass is 9.85. The number of aryl methyl sites for hydroxylation is 2. The second-order valence-corrected chi connectivity index (χ2v) is 17.8. The van der Waals surface area contributed by atoms with Gasteiger partial charge in [-0.15, -0.1) is 0 Å². The first kappa shape index (κ1) is 49.1. The SMILES string of the molecule is Cc1ccc(CC(=O)c2cccc(C(C)(C)C#N)c2)cc1N.Cc1ccc(CC(=O)c2cccc(C(C)(C)C#N)c2)cc1Nc1ncnc2ccc(Cl)nc12.Clc1ccc2ncnc(Cl)c2n1. The van der Waals surface area contributed by atoms with Gasteiger partial charge in [-0.3, -0.25) is 9.59 Å². The van der Waals surface area contributed by atoms with Crippen molar-refractivity contribution in [3.05, 3.63) is 182 Å². The molecule has 0 atom stereocenters. The Balaban J connectivity index is 0.000000186. The van der Waals surface area contributed by atoms with E-state index in [9.17, 15) is 20.1 Å². The molecule has 12 nitrogen and oxygen atoms in total. The van der Waals surface area contributed by atoms with Crippen LogP contribution in [0.15, 0.2) is 122 Å². The number of Topliss-reactive ketones (excluding diaryl/α,β-unsaturated/α-hetero) is 2. The highest BCUT2D eigenvalue weighted by Crippen LogP contribution is 2.28. The molecule has 4 aromatic heterocycles. The molecule has 3 N–H and O–H groups in total. The number of rotatable bonds is 10. The van der Waals surface area contributed by atoms with Crippen molar-refractivity contribution in [3.8, 4) is 12.1 Å². The number of pyridine rings is 2. The number of carbonyl (C=O) groups is 2. The van der Waals surface area contributed by atoms with Crippen LogP contribution in [0.25, 0.3) is 22.1 Å². The maximum absolute atomic E-state index is 13.0. The van der Waals surface area contributed by atoms with Gasteiger partial charge in [0.25, 0.3) is 0 Å². The standard InChI is InChI=1S/C26H22ClN5O.C19H20N2O.C7H3Cl2N3/c1-16-7-8-17(12-22(33)18-5-4-6-19(13-18)26(2,3)14-28)11-21(16)31-25-24-20(29-15-30-25)9-10-23(27)32-24;1-13-7-8-14(9-17(13)21)10-18(22)15-5-4-6-16(11-15)19(2,3)12-20;8-5-2-1-4-6(12-5)7(9)11-3-10-4/h4-11,13,15H,12H2,1-3H3,(H,29,30,31);4-9,11H,10,21H2,1-3H3;1-3H. The summed E-state index contributed by atoms with van der Waals surface area (Å²) in [6.07, 6.45) is 3.40. The van der Waals surface area contributed by atoms with Gasteiger partial charge in [0.05, 0.1) is 34.0 Å². The quantitative estimate of drug-likeness (QED) is 0.0570. The van der Waals surface area contributed by atoms with Gasteiger partial charge in [0.1, 0.15) is 34.0 Å². The molecule has 15 heteroatoms. The van der Waals surface area contributed by atoms with E-state index in [0.717, 1.165) is 39.1 Å². The second kappa shape index (κ2) is 21.3. The second-order valence-electron chi connectivity index (χ2n) is 16.7. The molecule has 0 aliphatic heterocycles. The molecule has 4 aromatic carbocycles. The highest BCUT2D eigenvalue weighted by Gasteiger charge is 2.22. The molecule has 0 radical (unpaired) electrons. The van der Waals surface area contributed by atoms with Crippen LogP contribution < -0.4 is 11.1 Å². The summed E-state index contributed by atoms with van der Waals surface area (Å²) in [6, 6.07) is 37.6. The van der Waals surface area contributed by atoms with Crippen molar-refractivity contribution in [2.24, 2.45) is 0 Å². The molecule has 336 valence electrons. The third kappa shape index (κ3) is 12.5. The van der Waals surface area contributed by atoms with E-state index in [1.807, 2.05) is 108 Å². The lowest BCUT2D eigenvalue weighted by Gasteiger charge is -2.16. The highest BCUT2D eigenvalue weighted by atomic mass is 35.5. The van der Waals surface area contributed by atoms with Crippen LogP contribution in [0.4, 0.5) is 17.2 Å². The maximum Gasteiger partial charge on any atom is 0.167 e. The number of nitrogen functional groups attached to an aromatic ring is 1. The molecule has 0 saturated carbocycles. The van der Waals surface area contributed by atoms with Gasteiger partial charge in [-0.25, -0.2) is 29.9 Å². The molecular weight excluding hydrogens is 903 g/mol. The first-order chi connectivity index (χ1) is 31.9. The average Bonchev–Trinajstić information content (AvgIpc) is 3.32. The van der Waals surface area contributed by atoms with E-state index in [-0.39, 0.29) is 18.0 Å². The summed E-state index contributed by atoms with van der Waals surface area (Å²) in [5, 5.41) is 23.0. The molecule has 0 amide bonds. The molecular formula is C52H45Cl3N10O2. The predicted octanol–water partition coefficient (Wildman–Crippen LogP) is 12.1. The lowest BCUT2D eigenvalue weighted by molar-refractivity contribution is 0.0984. The number of halogens is 3. The summed E-state index contributed by atoms with van der Waals surface area (Å²) in [5.41, 5.74) is 15.3. The largest absolute Gasteiger partial charge is 0.399 e. The fourth-order valence-electron chi connectivity index (χ4n) is 6.60. The third-order valence-corrected chi connectivity index (χ3v) is 11.5. The summed E-state index contributed by atoms with van der Waals surface area (Å²) in [5.74, 6) is 0.556. The van der Waals surface area contributed by atoms with E-state index in [1.165, 1.54) is 12.7 Å². The fraction of sp³-hybridized carbons (Fsp3) is 0.192. The maximum atomic E-state index is 13.0. The van der Waals surface area contributed by atoms with Gasteiger partial charge >= 0.3 is 0 Å². The van der Waals surface area contributed by atoms with E-state index in [4.69, 9.17) is 40.5 Å². The minimum absolute atomic E-state index is 0.0127. The molecule has 8 aromatic rings. The van der Waals surface area contributed by atoms with Crippen LogP contribution in [-0.2, 0) is 23.7 Å². The first-order valence-corrected chi connectivity index (χ1v) is 22.0. The Labute approximate surface area is 403 Å². The van der Waals surface area contributed by atoms with Crippen LogP contribution in [0.2, 0.25) is 15.5 Å². The molecule has 67 heavy (non-hydrogen) atoms. The molecule has 0 fully saturated rings. The first-order valence-electron chi connectivity index (χ1n) is 20.9. The Bertz CT molecular complexity index is 3230. The number of benzene rings is 4. The Hall–Kier alpha value is -7.35. The van der Waals surface area contributed by atoms with Crippen molar-refractivity contribution in [3.63, 3.8) is 0 Å². The Morgan fingerprint density at radius 2 is 1.10 bits per heavy atom. The zero-order valence-corrected chi connectivity index (χ0v) is 39.8. The number of fused-ring (bicyclic) bond motifs is 2. The van der Waals surface area contributed by atoms with Crippen LogP contribution in [0, 0.1) is 36.5 Å². The van der Waals surface area contributed by atoms with E-state index in [0.29, 0.717) is 66.6 Å². The van der Waals surface area contributed by atoms with Crippen LogP contribution >= 0.6 is 34.8 Å². The van der Waals surface area contributed by atoms with Crippen LogP contribution in [0.3, 0.4) is 0 Å². The minimum Gasteiger partial charge on any atom is -0.399 e. The predicted molar refractivity (Wildman–Crippen MR) is 266 cm³/mol. The molecule has 0 aliphatic rings. The van der Waals surface area contributed by atoms with E-state index < -0.39 is 10.8 Å². The van der Waals surface area contributed by atoms with E-state index >= 15 is 0 Å². The molecule has 0 spiro atoms. The number of ketones is 2. The third-order valence-electron chi connectivity index (χ3n) is 10.9. The topological polar surface area (TPSA) is 197 Å². The molecule has 0 bridgehead atoms. The fourth-order valence-corrected chi connectivity index (χ4v) is 7.08. The summed E-state index contributed by atoms with van der Waals surface area (Å²) < 4.78 is 0. The smallest absolute Gasteiger partial charge is 0.167 e.